The van der Waals surface area contributed by atoms with Crippen LogP contribution in [0.15, 0.2) is 60.7 Å². The van der Waals surface area contributed by atoms with Gasteiger partial charge in [-0.3, -0.25) is 14.1 Å². The van der Waals surface area contributed by atoms with Gasteiger partial charge in [-0.15, -0.1) is 0 Å². The molecule has 0 amide bonds. The van der Waals surface area contributed by atoms with Crippen molar-refractivity contribution in [2.24, 2.45) is 0 Å². The second kappa shape index (κ2) is 9.69. The average Bonchev–Trinajstić information content (AvgIpc) is 2.53. The molecule has 7 nitrogen and oxygen atoms in total. The molecule has 0 radical (unpaired) electrons. The van der Waals surface area contributed by atoms with Crippen LogP contribution in [0.3, 0.4) is 0 Å². The first kappa shape index (κ1) is 21.3. The Morgan fingerprint density at radius 2 is 1.32 bits per heavy atom. The number of carbonyl (C=O) groups excluding carboxylic acids is 2. The maximum atomic E-state index is 12.0. The van der Waals surface area contributed by atoms with E-state index >= 15 is 0 Å². The average molecular weight is 374 g/mol. The van der Waals surface area contributed by atoms with E-state index in [2.05, 4.69) is 0 Å². The first-order chi connectivity index (χ1) is 11.4. The molecule has 0 aromatic heterocycles. The van der Waals surface area contributed by atoms with Crippen molar-refractivity contribution >= 4 is 51.6 Å². The Labute approximate surface area is 167 Å². The van der Waals surface area contributed by atoms with Crippen molar-refractivity contribution in [2.45, 2.75) is 11.7 Å². The zero-order chi connectivity index (χ0) is 17.6. The van der Waals surface area contributed by atoms with E-state index in [-0.39, 0.29) is 41.1 Å². The van der Waals surface area contributed by atoms with Crippen molar-refractivity contribution in [1.82, 2.24) is 0 Å². The van der Waals surface area contributed by atoms with Crippen LogP contribution in [0.5, 0.6) is 11.5 Å². The Kier molecular flexibility index (Phi) is 8.27. The Morgan fingerprint density at radius 1 is 0.880 bits per heavy atom. The van der Waals surface area contributed by atoms with Crippen molar-refractivity contribution < 1.29 is 32.0 Å². The Morgan fingerprint density at radius 3 is 1.76 bits per heavy atom. The molecule has 2 rings (SSSR count). The molecule has 0 heterocycles. The van der Waals surface area contributed by atoms with Crippen LogP contribution in [0.2, 0.25) is 0 Å². The summed E-state index contributed by atoms with van der Waals surface area (Å²) >= 11 is 0. The molecule has 0 aliphatic rings. The fraction of sp³-hybridized carbons (Fsp3) is 0.125. The number of hydrogen-bond donors (Lipinski definition) is 1. The molecule has 0 spiro atoms. The molecule has 2 aromatic carbocycles. The molecule has 1 N–H and O–H groups in total. The van der Waals surface area contributed by atoms with Gasteiger partial charge in [-0.25, -0.2) is 0 Å². The summed E-state index contributed by atoms with van der Waals surface area (Å²) in [6.07, 6.45) is -0.876. The minimum absolute atomic E-state index is 0. The van der Waals surface area contributed by atoms with Gasteiger partial charge < -0.3 is 9.47 Å². The molecule has 1 unspecified atom stereocenters. The van der Waals surface area contributed by atoms with E-state index in [1.165, 1.54) is 24.3 Å². The Bertz CT molecular complexity index is 807. The first-order valence-corrected chi connectivity index (χ1v) is 8.35. The molecule has 25 heavy (non-hydrogen) atoms. The number of para-hydroxylation sites is 2. The normalized spacial score (nSPS) is 11.7. The van der Waals surface area contributed by atoms with Gasteiger partial charge in [0.15, 0.2) is 5.25 Å². The van der Waals surface area contributed by atoms with E-state index in [0.717, 1.165) is 0 Å². The number of ether oxygens (including phenoxy) is 2. The van der Waals surface area contributed by atoms with Crippen molar-refractivity contribution in [3.05, 3.63) is 60.7 Å². The van der Waals surface area contributed by atoms with Crippen LogP contribution < -0.4 is 9.47 Å². The molecular formula is C16H15NaO7S. The van der Waals surface area contributed by atoms with Crippen LogP contribution in [0.1, 0.15) is 6.42 Å². The van der Waals surface area contributed by atoms with Gasteiger partial charge in [-0.05, 0) is 24.3 Å². The number of benzene rings is 2. The molecule has 2 aromatic rings. The van der Waals surface area contributed by atoms with Crippen LogP contribution in [0.25, 0.3) is 0 Å². The summed E-state index contributed by atoms with van der Waals surface area (Å²) in [6.45, 7) is 0. The molecule has 1 atom stereocenters. The summed E-state index contributed by atoms with van der Waals surface area (Å²) in [4.78, 5) is 23.8. The van der Waals surface area contributed by atoms with Crippen molar-refractivity contribution in [1.29, 1.82) is 0 Å². The van der Waals surface area contributed by atoms with Gasteiger partial charge in [-0.1, -0.05) is 36.4 Å². The van der Waals surface area contributed by atoms with Crippen LogP contribution in [-0.4, -0.2) is 59.7 Å². The van der Waals surface area contributed by atoms with Crippen LogP contribution in [0.4, 0.5) is 0 Å². The second-order valence-corrected chi connectivity index (χ2v) is 6.33. The molecule has 0 fully saturated rings. The quantitative estimate of drug-likeness (QED) is 0.350. The molecule has 128 valence electrons. The molecule has 0 bridgehead atoms. The van der Waals surface area contributed by atoms with Gasteiger partial charge in [0.25, 0.3) is 10.1 Å². The number of carbonyl (C=O) groups is 2. The fourth-order valence-electron chi connectivity index (χ4n) is 1.79. The van der Waals surface area contributed by atoms with Gasteiger partial charge in [0.2, 0.25) is 0 Å². The summed E-state index contributed by atoms with van der Waals surface area (Å²) in [7, 11) is -4.85. The van der Waals surface area contributed by atoms with Crippen LogP contribution in [0, 0.1) is 0 Å². The molecule has 9 heteroatoms. The molecule has 0 aliphatic carbocycles. The van der Waals surface area contributed by atoms with Crippen molar-refractivity contribution in [3.63, 3.8) is 0 Å². The van der Waals surface area contributed by atoms with E-state index in [1.807, 2.05) is 0 Å². The third kappa shape index (κ3) is 6.97. The van der Waals surface area contributed by atoms with E-state index in [1.54, 1.807) is 36.4 Å². The van der Waals surface area contributed by atoms with Crippen molar-refractivity contribution in [2.75, 3.05) is 0 Å². The Balaban J connectivity index is 0.00000312. The number of esters is 2. The van der Waals surface area contributed by atoms with Crippen molar-refractivity contribution in [3.8, 4) is 11.5 Å². The van der Waals surface area contributed by atoms with Gasteiger partial charge in [0.1, 0.15) is 11.5 Å². The summed E-state index contributed by atoms with van der Waals surface area (Å²) in [5.74, 6) is -1.98. The van der Waals surface area contributed by atoms with E-state index in [0.29, 0.717) is 0 Å². The summed E-state index contributed by atoms with van der Waals surface area (Å²) < 4.78 is 41.8. The van der Waals surface area contributed by atoms with E-state index in [9.17, 15) is 22.6 Å². The van der Waals surface area contributed by atoms with Gasteiger partial charge >= 0.3 is 41.5 Å². The standard InChI is InChI=1S/C16H14O7S.Na.H/c17-15(22-12-7-3-1-4-8-12)11-14(24(19,20)21)16(18)23-13-9-5-2-6-10-13;;/h1-10,14H,11H2,(H,19,20,21);;. The predicted molar refractivity (Wildman–Crippen MR) is 91.3 cm³/mol. The summed E-state index contributed by atoms with van der Waals surface area (Å²) in [5.41, 5.74) is 0. The fourth-order valence-corrected chi connectivity index (χ4v) is 2.43. The zero-order valence-electron chi connectivity index (χ0n) is 12.4. The Hall–Kier alpha value is -1.71. The maximum absolute atomic E-state index is 12.0. The minimum atomic E-state index is -4.85. The van der Waals surface area contributed by atoms with Gasteiger partial charge in [-0.2, -0.15) is 8.42 Å². The molecular weight excluding hydrogens is 359 g/mol. The topological polar surface area (TPSA) is 107 Å². The zero-order valence-corrected chi connectivity index (χ0v) is 13.2. The third-order valence-electron chi connectivity index (χ3n) is 2.91. The number of rotatable bonds is 6. The first-order valence-electron chi connectivity index (χ1n) is 6.85. The summed E-state index contributed by atoms with van der Waals surface area (Å²) in [5, 5.41) is -2.08. The van der Waals surface area contributed by atoms with E-state index in [4.69, 9.17) is 9.47 Å². The predicted octanol–water partition coefficient (Wildman–Crippen LogP) is 1.20. The van der Waals surface area contributed by atoms with Gasteiger partial charge in [0, 0.05) is 0 Å². The monoisotopic (exact) mass is 374 g/mol. The van der Waals surface area contributed by atoms with Crippen LogP contribution in [-0.2, 0) is 19.7 Å². The molecule has 0 aliphatic heterocycles. The molecule has 0 saturated heterocycles. The van der Waals surface area contributed by atoms with Gasteiger partial charge in [0.05, 0.1) is 6.42 Å². The second-order valence-electron chi connectivity index (χ2n) is 4.73. The SMILES string of the molecule is O=C(CC(C(=O)Oc1ccccc1)S(=O)(=O)O)Oc1ccccc1.[NaH]. The summed E-state index contributed by atoms with van der Waals surface area (Å²) in [6, 6.07) is 15.6. The number of hydrogen-bond acceptors (Lipinski definition) is 6. The van der Waals surface area contributed by atoms with E-state index < -0.39 is 33.7 Å². The molecule has 0 saturated carbocycles. The third-order valence-corrected chi connectivity index (χ3v) is 3.99. The van der Waals surface area contributed by atoms with Crippen LogP contribution >= 0.6 is 0 Å².